The van der Waals surface area contributed by atoms with E-state index in [9.17, 15) is 4.79 Å². The Balaban J connectivity index is 3.74. The predicted molar refractivity (Wildman–Crippen MR) is 56.7 cm³/mol. The summed E-state index contributed by atoms with van der Waals surface area (Å²) in [5.74, 6) is 0. The molecule has 78 valence electrons. The van der Waals surface area contributed by atoms with Crippen molar-refractivity contribution in [3.63, 3.8) is 0 Å². The third-order valence-corrected chi connectivity index (χ3v) is 3.22. The second-order valence-corrected chi connectivity index (χ2v) is 3.68. The molecule has 0 unspecified atom stereocenters. The molecule has 0 amide bonds. The van der Waals surface area contributed by atoms with Gasteiger partial charge in [0, 0.05) is 6.42 Å². The van der Waals surface area contributed by atoms with Gasteiger partial charge >= 0.3 is 0 Å². The van der Waals surface area contributed by atoms with E-state index in [0.29, 0.717) is 0 Å². The Bertz CT molecular complexity index is 122. The zero-order chi connectivity index (χ0) is 10.2. The molecule has 0 saturated heterocycles. The summed E-state index contributed by atoms with van der Waals surface area (Å²) in [5.41, 5.74) is 0. The van der Waals surface area contributed by atoms with Gasteiger partial charge in [-0.15, -0.1) is 0 Å². The largest absolute Gasteiger partial charge is 0.324 e. The normalized spacial score (nSPS) is 11.6. The first-order valence-electron chi connectivity index (χ1n) is 5.53. The Morgan fingerprint density at radius 1 is 1.00 bits per heavy atom. The summed E-state index contributed by atoms with van der Waals surface area (Å²) in [7, 11) is 0. The Hall–Kier alpha value is -0.370. The maximum absolute atomic E-state index is 10.1. The molecule has 0 heterocycles. The minimum absolute atomic E-state index is 0.733. The molecule has 0 saturated carbocycles. The third-order valence-electron chi connectivity index (χ3n) is 3.22. The van der Waals surface area contributed by atoms with Crippen LogP contribution in [0.15, 0.2) is 0 Å². The van der Waals surface area contributed by atoms with Crippen LogP contribution in [0, 0.1) is 0 Å². The lowest BCUT2D eigenvalue weighted by molar-refractivity contribution is -0.923. The lowest BCUT2D eigenvalue weighted by Gasteiger charge is -2.35. The smallest absolute Gasteiger partial charge is 0.119 e. The van der Waals surface area contributed by atoms with Crippen molar-refractivity contribution in [3.05, 3.63) is 0 Å². The van der Waals surface area contributed by atoms with Gasteiger partial charge in [0.1, 0.15) is 6.29 Å². The molecule has 0 fully saturated rings. The molecule has 0 atom stereocenters. The van der Waals surface area contributed by atoms with Gasteiger partial charge in [-0.2, -0.15) is 0 Å². The van der Waals surface area contributed by atoms with Gasteiger partial charge in [0.25, 0.3) is 0 Å². The van der Waals surface area contributed by atoms with Gasteiger partial charge in [0.2, 0.25) is 0 Å². The number of aldehydes is 1. The van der Waals surface area contributed by atoms with E-state index >= 15 is 0 Å². The highest BCUT2D eigenvalue weighted by Crippen LogP contribution is 2.08. The second-order valence-electron chi connectivity index (χ2n) is 3.68. The van der Waals surface area contributed by atoms with Crippen molar-refractivity contribution >= 4 is 6.29 Å². The van der Waals surface area contributed by atoms with E-state index in [1.54, 1.807) is 0 Å². The molecule has 2 heteroatoms. The van der Waals surface area contributed by atoms with Crippen molar-refractivity contribution in [1.82, 2.24) is 0 Å². The average Bonchev–Trinajstić information content (AvgIpc) is 2.20. The average molecular weight is 186 g/mol. The monoisotopic (exact) mass is 186 g/mol. The number of quaternary nitrogens is 1. The van der Waals surface area contributed by atoms with E-state index < -0.39 is 0 Å². The molecular formula is C11H24NO+. The van der Waals surface area contributed by atoms with Crippen molar-refractivity contribution in [1.29, 1.82) is 0 Å². The zero-order valence-electron chi connectivity index (χ0n) is 9.38. The van der Waals surface area contributed by atoms with Crippen LogP contribution in [0.3, 0.4) is 0 Å². The van der Waals surface area contributed by atoms with E-state index in [0.717, 1.165) is 19.1 Å². The predicted octanol–water partition coefficient (Wildman–Crippen LogP) is 2.23. The highest BCUT2D eigenvalue weighted by molar-refractivity contribution is 5.48. The fourth-order valence-corrected chi connectivity index (χ4v) is 1.82. The summed E-state index contributed by atoms with van der Waals surface area (Å²) in [6.45, 7) is 11.7. The first-order chi connectivity index (χ1) is 6.24. The molecule has 0 radical (unpaired) electrons. The summed E-state index contributed by atoms with van der Waals surface area (Å²) >= 11 is 0. The number of carbonyl (C=O) groups excluding carboxylic acids is 1. The highest BCUT2D eigenvalue weighted by atomic mass is 16.1. The van der Waals surface area contributed by atoms with Crippen LogP contribution in [0.2, 0.25) is 0 Å². The molecule has 13 heavy (non-hydrogen) atoms. The summed E-state index contributed by atoms with van der Waals surface area (Å²) in [6.07, 6.45) is 4.01. The molecule has 0 N–H and O–H groups in total. The van der Waals surface area contributed by atoms with Gasteiger partial charge in [-0.05, 0) is 33.6 Å². The molecule has 0 aromatic rings. The van der Waals surface area contributed by atoms with E-state index in [1.807, 2.05) is 0 Å². The quantitative estimate of drug-likeness (QED) is 0.323. The molecule has 0 spiro atoms. The highest BCUT2D eigenvalue weighted by Gasteiger charge is 2.19. The van der Waals surface area contributed by atoms with Gasteiger partial charge in [0.05, 0.1) is 26.2 Å². The molecule has 0 bridgehead atoms. The summed E-state index contributed by atoms with van der Waals surface area (Å²) < 4.78 is 1.21. The minimum Gasteiger partial charge on any atom is -0.324 e. The molecule has 0 rings (SSSR count). The first kappa shape index (κ1) is 12.6. The Labute approximate surface area is 82.5 Å². The van der Waals surface area contributed by atoms with Crippen LogP contribution in [-0.4, -0.2) is 36.9 Å². The lowest BCUT2D eigenvalue weighted by atomic mass is 10.2. The van der Waals surface area contributed by atoms with Crippen LogP contribution in [-0.2, 0) is 4.79 Å². The number of rotatable bonds is 8. The standard InChI is InChI=1S/C11H24NO/c1-4-12(5-2,6-3)10-8-7-9-11-13/h11H,4-10H2,1-3H3/q+1. The summed E-state index contributed by atoms with van der Waals surface area (Å²) in [6, 6.07) is 0. The van der Waals surface area contributed by atoms with Crippen molar-refractivity contribution in [3.8, 4) is 0 Å². The minimum atomic E-state index is 0.733. The Kier molecular flexibility index (Phi) is 6.87. The van der Waals surface area contributed by atoms with Crippen LogP contribution < -0.4 is 0 Å². The fourth-order valence-electron chi connectivity index (χ4n) is 1.82. The molecule has 2 nitrogen and oxygen atoms in total. The topological polar surface area (TPSA) is 17.1 Å². The molecule has 0 aliphatic carbocycles. The zero-order valence-corrected chi connectivity index (χ0v) is 9.38. The SMILES string of the molecule is CC[N+](CC)(CC)CCCCC=O. The van der Waals surface area contributed by atoms with Crippen LogP contribution in [0.4, 0.5) is 0 Å². The van der Waals surface area contributed by atoms with Crippen molar-refractivity contribution in [2.24, 2.45) is 0 Å². The maximum Gasteiger partial charge on any atom is 0.119 e. The molecule has 0 aromatic carbocycles. The van der Waals surface area contributed by atoms with Crippen LogP contribution in [0.5, 0.6) is 0 Å². The van der Waals surface area contributed by atoms with E-state index in [2.05, 4.69) is 20.8 Å². The Morgan fingerprint density at radius 2 is 1.54 bits per heavy atom. The number of nitrogens with zero attached hydrogens (tertiary/aromatic N) is 1. The van der Waals surface area contributed by atoms with Gasteiger partial charge in [-0.3, -0.25) is 0 Å². The molecule has 0 aliphatic rings. The van der Waals surface area contributed by atoms with Crippen molar-refractivity contribution in [2.45, 2.75) is 40.0 Å². The van der Waals surface area contributed by atoms with Crippen LogP contribution >= 0.6 is 0 Å². The first-order valence-corrected chi connectivity index (χ1v) is 5.53. The molecular weight excluding hydrogens is 162 g/mol. The van der Waals surface area contributed by atoms with Crippen LogP contribution in [0.25, 0.3) is 0 Å². The van der Waals surface area contributed by atoms with Crippen molar-refractivity contribution in [2.75, 3.05) is 26.2 Å². The second kappa shape index (κ2) is 7.07. The number of hydrogen-bond donors (Lipinski definition) is 0. The number of unbranched alkanes of at least 4 members (excludes halogenated alkanes) is 2. The Morgan fingerprint density at radius 3 is 1.92 bits per heavy atom. The lowest BCUT2D eigenvalue weighted by Crippen LogP contribution is -2.48. The fraction of sp³-hybridized carbons (Fsp3) is 0.909. The summed E-state index contributed by atoms with van der Waals surface area (Å²) in [5, 5.41) is 0. The van der Waals surface area contributed by atoms with E-state index in [1.165, 1.54) is 37.1 Å². The number of carbonyl (C=O) groups is 1. The number of hydrogen-bond acceptors (Lipinski definition) is 1. The van der Waals surface area contributed by atoms with Gasteiger partial charge in [0.15, 0.2) is 0 Å². The third kappa shape index (κ3) is 4.41. The summed E-state index contributed by atoms with van der Waals surface area (Å²) in [4.78, 5) is 10.1. The molecule has 0 aliphatic heterocycles. The molecule has 0 aromatic heterocycles. The van der Waals surface area contributed by atoms with Crippen molar-refractivity contribution < 1.29 is 9.28 Å². The van der Waals surface area contributed by atoms with Gasteiger partial charge in [-0.25, -0.2) is 0 Å². The van der Waals surface area contributed by atoms with E-state index in [4.69, 9.17) is 0 Å². The van der Waals surface area contributed by atoms with Gasteiger partial charge in [-0.1, -0.05) is 0 Å². The maximum atomic E-state index is 10.1. The van der Waals surface area contributed by atoms with E-state index in [-0.39, 0.29) is 0 Å². The van der Waals surface area contributed by atoms with Gasteiger partial charge < -0.3 is 9.28 Å². The van der Waals surface area contributed by atoms with Crippen LogP contribution in [0.1, 0.15) is 40.0 Å².